The molecule has 1 heterocycles. The van der Waals surface area contributed by atoms with Gasteiger partial charge in [-0.3, -0.25) is 9.59 Å². The van der Waals surface area contributed by atoms with E-state index in [1.54, 1.807) is 12.1 Å². The summed E-state index contributed by atoms with van der Waals surface area (Å²) in [5.74, 6) is -0.0251. The van der Waals surface area contributed by atoms with Crippen molar-refractivity contribution in [2.75, 3.05) is 24.3 Å². The molecule has 1 N–H and O–H groups in total. The molecule has 1 aromatic heterocycles. The molecule has 4 rings (SSSR count). The first-order valence-corrected chi connectivity index (χ1v) is 11.5. The lowest BCUT2D eigenvalue weighted by atomic mass is 9.94. The Labute approximate surface area is 195 Å². The number of anilines is 2. The molecule has 1 aliphatic rings. The summed E-state index contributed by atoms with van der Waals surface area (Å²) in [6.07, 6.45) is 4.30. The fourth-order valence-corrected chi connectivity index (χ4v) is 4.22. The van der Waals surface area contributed by atoms with E-state index in [1.165, 1.54) is 6.26 Å². The quantitative estimate of drug-likeness (QED) is 0.486. The first-order chi connectivity index (χ1) is 16.0. The van der Waals surface area contributed by atoms with E-state index in [0.29, 0.717) is 12.2 Å². The van der Waals surface area contributed by atoms with Crippen LogP contribution in [0.1, 0.15) is 53.8 Å². The zero-order valence-corrected chi connectivity index (χ0v) is 19.5. The number of amides is 2. The summed E-state index contributed by atoms with van der Waals surface area (Å²) in [4.78, 5) is 30.2. The molecule has 1 aliphatic carbocycles. The van der Waals surface area contributed by atoms with Crippen LogP contribution in [0, 0.1) is 0 Å². The van der Waals surface area contributed by atoms with E-state index in [1.807, 2.05) is 72.4 Å². The first-order valence-electron chi connectivity index (χ1n) is 11.5. The number of nitrogens with one attached hydrogen (secondary N) is 1. The number of nitrogens with zero attached hydrogens (tertiary/aromatic N) is 2. The van der Waals surface area contributed by atoms with Crippen LogP contribution in [-0.4, -0.2) is 36.9 Å². The van der Waals surface area contributed by atoms with Crippen molar-refractivity contribution in [1.82, 2.24) is 4.90 Å². The Balaban J connectivity index is 1.60. The Morgan fingerprint density at radius 3 is 2.42 bits per heavy atom. The highest BCUT2D eigenvalue weighted by atomic mass is 16.3. The van der Waals surface area contributed by atoms with Gasteiger partial charge < -0.3 is 19.5 Å². The fraction of sp³-hybridized carbons (Fsp3) is 0.333. The number of carbonyl (C=O) groups is 2. The highest BCUT2D eigenvalue weighted by Crippen LogP contribution is 2.35. The molecule has 172 valence electrons. The van der Waals surface area contributed by atoms with Crippen LogP contribution >= 0.6 is 0 Å². The predicted molar refractivity (Wildman–Crippen MR) is 130 cm³/mol. The minimum absolute atomic E-state index is 0.156. The molecule has 0 saturated heterocycles. The summed E-state index contributed by atoms with van der Waals surface area (Å²) in [7, 11) is 3.98. The summed E-state index contributed by atoms with van der Waals surface area (Å²) in [6.45, 7) is 2.57. The van der Waals surface area contributed by atoms with Crippen molar-refractivity contribution in [3.63, 3.8) is 0 Å². The maximum Gasteiger partial charge on any atom is 0.291 e. The average molecular weight is 446 g/mol. The number of hydrogen-bond acceptors (Lipinski definition) is 4. The van der Waals surface area contributed by atoms with Crippen LogP contribution in [0.5, 0.6) is 0 Å². The van der Waals surface area contributed by atoms with Crippen LogP contribution in [-0.2, 0) is 11.3 Å². The van der Waals surface area contributed by atoms with Crippen molar-refractivity contribution < 1.29 is 14.0 Å². The Hall–Kier alpha value is -3.54. The Morgan fingerprint density at radius 2 is 1.82 bits per heavy atom. The standard InChI is InChI=1S/C27H31N3O3/c1-4-23(19-9-6-5-7-10-19)27(32)30(22-13-14-22)18-20-17-21(12-15-24(20)29(2)3)28-26(31)25-11-8-16-33-25/h5-12,15-17,22-23H,4,13-14,18H2,1-3H3,(H,28,31). The van der Waals surface area contributed by atoms with Gasteiger partial charge in [0.25, 0.3) is 5.91 Å². The maximum atomic E-state index is 13.7. The van der Waals surface area contributed by atoms with E-state index >= 15 is 0 Å². The van der Waals surface area contributed by atoms with Crippen molar-refractivity contribution in [3.8, 4) is 0 Å². The van der Waals surface area contributed by atoms with Crippen molar-refractivity contribution in [1.29, 1.82) is 0 Å². The minimum Gasteiger partial charge on any atom is -0.459 e. The topological polar surface area (TPSA) is 65.8 Å². The number of benzene rings is 2. The molecule has 0 bridgehead atoms. The molecule has 1 saturated carbocycles. The SMILES string of the molecule is CCC(C(=O)N(Cc1cc(NC(=O)c2ccco2)ccc1N(C)C)C1CC1)c1ccccc1. The van der Waals surface area contributed by atoms with Gasteiger partial charge in [-0.15, -0.1) is 0 Å². The van der Waals surface area contributed by atoms with E-state index in [-0.39, 0.29) is 29.5 Å². The molecule has 2 aromatic carbocycles. The van der Waals surface area contributed by atoms with E-state index in [0.717, 1.165) is 36.1 Å². The highest BCUT2D eigenvalue weighted by Gasteiger charge is 2.36. The zero-order chi connectivity index (χ0) is 23.4. The van der Waals surface area contributed by atoms with Gasteiger partial charge >= 0.3 is 0 Å². The Morgan fingerprint density at radius 1 is 1.06 bits per heavy atom. The van der Waals surface area contributed by atoms with Gasteiger partial charge in [-0.05, 0) is 60.7 Å². The summed E-state index contributed by atoms with van der Waals surface area (Å²) < 4.78 is 5.20. The second kappa shape index (κ2) is 9.94. The molecule has 6 nitrogen and oxygen atoms in total. The molecule has 33 heavy (non-hydrogen) atoms. The molecular formula is C27H31N3O3. The number of carbonyl (C=O) groups excluding carboxylic acids is 2. The van der Waals surface area contributed by atoms with Crippen LogP contribution < -0.4 is 10.2 Å². The molecule has 2 amide bonds. The molecule has 1 unspecified atom stereocenters. The summed E-state index contributed by atoms with van der Waals surface area (Å²) in [5, 5.41) is 2.90. The van der Waals surface area contributed by atoms with Crippen molar-refractivity contribution in [3.05, 3.63) is 83.8 Å². The van der Waals surface area contributed by atoms with E-state index in [2.05, 4.69) is 12.2 Å². The van der Waals surface area contributed by atoms with Gasteiger partial charge in [-0.25, -0.2) is 0 Å². The van der Waals surface area contributed by atoms with Crippen LogP contribution in [0.4, 0.5) is 11.4 Å². The van der Waals surface area contributed by atoms with Gasteiger partial charge in [0.05, 0.1) is 12.2 Å². The highest BCUT2D eigenvalue weighted by molar-refractivity contribution is 6.02. The lowest BCUT2D eigenvalue weighted by Crippen LogP contribution is -2.36. The minimum atomic E-state index is -0.297. The predicted octanol–water partition coefficient (Wildman–Crippen LogP) is 5.28. The molecule has 0 radical (unpaired) electrons. The van der Waals surface area contributed by atoms with Crippen LogP contribution in [0.2, 0.25) is 0 Å². The van der Waals surface area contributed by atoms with Crippen LogP contribution in [0.15, 0.2) is 71.3 Å². The summed E-state index contributed by atoms with van der Waals surface area (Å²) in [5.41, 5.74) is 3.76. The van der Waals surface area contributed by atoms with Crippen molar-refractivity contribution in [2.24, 2.45) is 0 Å². The summed E-state index contributed by atoms with van der Waals surface area (Å²) in [6, 6.07) is 19.4. The molecule has 0 spiro atoms. The average Bonchev–Trinajstić information content (AvgIpc) is 3.50. The molecule has 0 aliphatic heterocycles. The number of rotatable bonds is 9. The van der Waals surface area contributed by atoms with Gasteiger partial charge in [0.1, 0.15) is 0 Å². The summed E-state index contributed by atoms with van der Waals surface area (Å²) >= 11 is 0. The normalized spacial score (nSPS) is 13.9. The van der Waals surface area contributed by atoms with E-state index in [9.17, 15) is 9.59 Å². The molecule has 1 atom stereocenters. The second-order valence-corrected chi connectivity index (χ2v) is 8.74. The van der Waals surface area contributed by atoms with Crippen LogP contribution in [0.3, 0.4) is 0 Å². The third-order valence-corrected chi connectivity index (χ3v) is 6.08. The van der Waals surface area contributed by atoms with E-state index in [4.69, 9.17) is 4.42 Å². The fourth-order valence-electron chi connectivity index (χ4n) is 4.22. The van der Waals surface area contributed by atoms with Gasteiger partial charge in [0, 0.05) is 38.1 Å². The molecule has 6 heteroatoms. The number of hydrogen-bond donors (Lipinski definition) is 1. The molecular weight excluding hydrogens is 414 g/mol. The van der Waals surface area contributed by atoms with Crippen molar-refractivity contribution in [2.45, 2.75) is 44.7 Å². The molecule has 1 fully saturated rings. The van der Waals surface area contributed by atoms with Crippen molar-refractivity contribution >= 4 is 23.2 Å². The van der Waals surface area contributed by atoms with Gasteiger partial charge in [-0.2, -0.15) is 0 Å². The zero-order valence-electron chi connectivity index (χ0n) is 19.5. The van der Waals surface area contributed by atoms with Gasteiger partial charge in [0.15, 0.2) is 5.76 Å². The molecule has 3 aromatic rings. The maximum absolute atomic E-state index is 13.7. The smallest absolute Gasteiger partial charge is 0.291 e. The van der Waals surface area contributed by atoms with Gasteiger partial charge in [0.2, 0.25) is 5.91 Å². The first kappa shape index (κ1) is 22.6. The van der Waals surface area contributed by atoms with E-state index < -0.39 is 0 Å². The Kier molecular flexibility index (Phi) is 6.82. The lowest BCUT2D eigenvalue weighted by molar-refractivity contribution is -0.134. The van der Waals surface area contributed by atoms with Gasteiger partial charge in [-0.1, -0.05) is 37.3 Å². The number of furan rings is 1. The monoisotopic (exact) mass is 445 g/mol. The second-order valence-electron chi connectivity index (χ2n) is 8.74. The third-order valence-electron chi connectivity index (χ3n) is 6.08. The lowest BCUT2D eigenvalue weighted by Gasteiger charge is -2.29. The Bertz CT molecular complexity index is 1090. The van der Waals surface area contributed by atoms with Crippen LogP contribution in [0.25, 0.3) is 0 Å². The largest absolute Gasteiger partial charge is 0.459 e. The third kappa shape index (κ3) is 5.28.